The smallest absolute Gasteiger partial charge is 0.321 e. The van der Waals surface area contributed by atoms with Crippen molar-refractivity contribution in [2.24, 2.45) is 10.7 Å². The highest BCUT2D eigenvalue weighted by Crippen LogP contribution is 2.25. The molecule has 0 saturated carbocycles. The second-order valence-corrected chi connectivity index (χ2v) is 5.62. The largest absolute Gasteiger partial charge is 0.369 e. The van der Waals surface area contributed by atoms with Gasteiger partial charge in [-0.25, -0.2) is 9.79 Å². The van der Waals surface area contributed by atoms with Crippen LogP contribution in [0.5, 0.6) is 0 Å². The zero-order chi connectivity index (χ0) is 14.6. The van der Waals surface area contributed by atoms with Crippen molar-refractivity contribution in [1.82, 2.24) is 10.6 Å². The van der Waals surface area contributed by atoms with Gasteiger partial charge in [0.15, 0.2) is 0 Å². The van der Waals surface area contributed by atoms with Gasteiger partial charge in [0.25, 0.3) is 0 Å². The molecule has 1 rings (SSSR count). The van der Waals surface area contributed by atoms with E-state index in [1.54, 1.807) is 18.2 Å². The first-order valence-electron chi connectivity index (χ1n) is 5.87. The molecule has 0 atom stereocenters. The number of carbonyl (C=O) groups is 1. The minimum absolute atomic E-state index is 0.0205. The van der Waals surface area contributed by atoms with E-state index in [0.717, 1.165) is 5.56 Å². The van der Waals surface area contributed by atoms with Crippen LogP contribution in [-0.4, -0.2) is 17.5 Å². The van der Waals surface area contributed by atoms with Gasteiger partial charge in [0.05, 0.1) is 5.69 Å². The first-order chi connectivity index (χ1) is 8.69. The van der Waals surface area contributed by atoms with Gasteiger partial charge in [-0.15, -0.1) is 0 Å². The predicted octanol–water partition coefficient (Wildman–Crippen LogP) is 2.69. The van der Waals surface area contributed by atoms with Crippen molar-refractivity contribution in [2.75, 3.05) is 0 Å². The number of rotatable bonds is 1. The summed E-state index contributed by atoms with van der Waals surface area (Å²) in [5, 5.41) is 5.80. The summed E-state index contributed by atoms with van der Waals surface area (Å²) in [7, 11) is 0. The van der Waals surface area contributed by atoms with Crippen LogP contribution in [0.2, 0.25) is 5.02 Å². The van der Waals surface area contributed by atoms with E-state index in [0.29, 0.717) is 10.7 Å². The monoisotopic (exact) mass is 282 g/mol. The van der Waals surface area contributed by atoms with Crippen molar-refractivity contribution >= 4 is 29.3 Å². The van der Waals surface area contributed by atoms with E-state index in [-0.39, 0.29) is 11.5 Å². The van der Waals surface area contributed by atoms with E-state index in [1.807, 2.05) is 27.7 Å². The second-order valence-electron chi connectivity index (χ2n) is 5.21. The van der Waals surface area contributed by atoms with Crippen LogP contribution in [0, 0.1) is 6.92 Å². The lowest BCUT2D eigenvalue weighted by Crippen LogP contribution is -2.50. The van der Waals surface area contributed by atoms with E-state index in [1.165, 1.54) is 0 Å². The number of hydrogen-bond donors (Lipinski definition) is 3. The summed E-state index contributed by atoms with van der Waals surface area (Å²) in [6.45, 7) is 7.47. The third-order valence-electron chi connectivity index (χ3n) is 2.21. The third kappa shape index (κ3) is 5.18. The molecule has 5 nitrogen and oxygen atoms in total. The molecular formula is C13H19ClN4O. The molecule has 0 fully saturated rings. The van der Waals surface area contributed by atoms with Crippen molar-refractivity contribution in [3.63, 3.8) is 0 Å². The standard InChI is InChI=1S/C13H19ClN4O/c1-8-9(14)6-5-7-10(8)16-11(15)17-12(19)18-13(2,3)4/h5-7H,1-4H3,(H4,15,16,17,18,19). The first kappa shape index (κ1) is 15.3. The number of halogens is 1. The number of nitrogens with two attached hydrogens (primary N) is 1. The first-order valence-corrected chi connectivity index (χ1v) is 6.25. The summed E-state index contributed by atoms with van der Waals surface area (Å²) in [4.78, 5) is 15.7. The molecule has 0 bridgehead atoms. The zero-order valence-electron chi connectivity index (χ0n) is 11.5. The molecule has 0 spiro atoms. The molecule has 0 radical (unpaired) electrons. The van der Waals surface area contributed by atoms with Crippen LogP contribution >= 0.6 is 11.6 Å². The molecule has 2 amide bonds. The number of benzene rings is 1. The number of nitrogens with zero attached hydrogens (tertiary/aromatic N) is 1. The number of nitrogens with one attached hydrogen (secondary N) is 2. The highest BCUT2D eigenvalue weighted by molar-refractivity contribution is 6.31. The quantitative estimate of drug-likeness (QED) is 0.547. The summed E-state index contributed by atoms with van der Waals surface area (Å²) in [6, 6.07) is 4.92. The maximum Gasteiger partial charge on any atom is 0.321 e. The van der Waals surface area contributed by atoms with Crippen LogP contribution in [0.3, 0.4) is 0 Å². The van der Waals surface area contributed by atoms with Crippen LogP contribution in [0.25, 0.3) is 0 Å². The Balaban J connectivity index is 2.78. The Labute approximate surface area is 118 Å². The molecule has 0 aliphatic heterocycles. The topological polar surface area (TPSA) is 79.5 Å². The number of carbonyl (C=O) groups excluding carboxylic acids is 1. The molecule has 0 saturated heterocycles. The molecule has 4 N–H and O–H groups in total. The van der Waals surface area contributed by atoms with Crippen LogP contribution in [0.15, 0.2) is 23.2 Å². The molecule has 104 valence electrons. The average Bonchev–Trinajstić information content (AvgIpc) is 2.21. The van der Waals surface area contributed by atoms with Gasteiger partial charge in [-0.1, -0.05) is 17.7 Å². The van der Waals surface area contributed by atoms with Crippen LogP contribution in [-0.2, 0) is 0 Å². The number of guanidine groups is 1. The van der Waals surface area contributed by atoms with Crippen molar-refractivity contribution in [1.29, 1.82) is 0 Å². The lowest BCUT2D eigenvalue weighted by molar-refractivity contribution is 0.236. The fourth-order valence-corrected chi connectivity index (χ4v) is 1.53. The molecule has 0 heterocycles. The molecule has 19 heavy (non-hydrogen) atoms. The Hall–Kier alpha value is -1.75. The van der Waals surface area contributed by atoms with E-state index in [4.69, 9.17) is 17.3 Å². The van der Waals surface area contributed by atoms with E-state index < -0.39 is 6.03 Å². The van der Waals surface area contributed by atoms with Gasteiger partial charge in [0, 0.05) is 10.6 Å². The van der Waals surface area contributed by atoms with Crippen molar-refractivity contribution in [2.45, 2.75) is 33.2 Å². The third-order valence-corrected chi connectivity index (χ3v) is 2.62. The summed E-state index contributed by atoms with van der Waals surface area (Å²) in [5.74, 6) is 0.0205. The summed E-state index contributed by atoms with van der Waals surface area (Å²) < 4.78 is 0. The van der Waals surface area contributed by atoms with E-state index >= 15 is 0 Å². The minimum Gasteiger partial charge on any atom is -0.369 e. The fraction of sp³-hybridized carbons (Fsp3) is 0.385. The Morgan fingerprint density at radius 1 is 1.37 bits per heavy atom. The maximum absolute atomic E-state index is 11.6. The number of amides is 2. The summed E-state index contributed by atoms with van der Waals surface area (Å²) >= 11 is 5.98. The fourth-order valence-electron chi connectivity index (χ4n) is 1.36. The van der Waals surface area contributed by atoms with Gasteiger partial charge in [-0.2, -0.15) is 0 Å². The normalized spacial score (nSPS) is 12.2. The lowest BCUT2D eigenvalue weighted by atomic mass is 10.1. The van der Waals surface area contributed by atoms with E-state index in [2.05, 4.69) is 15.6 Å². The van der Waals surface area contributed by atoms with Crippen LogP contribution in [0.1, 0.15) is 26.3 Å². The van der Waals surface area contributed by atoms with Crippen LogP contribution < -0.4 is 16.4 Å². The molecule has 1 aromatic rings. The molecule has 0 aliphatic rings. The number of urea groups is 1. The van der Waals surface area contributed by atoms with Gasteiger partial charge in [-0.05, 0) is 45.4 Å². The van der Waals surface area contributed by atoms with Crippen LogP contribution in [0.4, 0.5) is 10.5 Å². The highest BCUT2D eigenvalue weighted by atomic mass is 35.5. The molecular weight excluding hydrogens is 264 g/mol. The Morgan fingerprint density at radius 3 is 2.58 bits per heavy atom. The molecule has 1 aromatic carbocycles. The van der Waals surface area contributed by atoms with Gasteiger partial charge in [0.1, 0.15) is 0 Å². The lowest BCUT2D eigenvalue weighted by Gasteiger charge is -2.20. The second kappa shape index (κ2) is 5.93. The molecule has 6 heteroatoms. The van der Waals surface area contributed by atoms with Gasteiger partial charge >= 0.3 is 6.03 Å². The SMILES string of the molecule is Cc1c(Cl)cccc1N=C(N)NC(=O)NC(C)(C)C. The minimum atomic E-state index is -0.395. The summed E-state index contributed by atoms with van der Waals surface area (Å²) in [6.07, 6.45) is 0. The van der Waals surface area contributed by atoms with Gasteiger partial charge in [-0.3, -0.25) is 5.32 Å². The Bertz CT molecular complexity index is 506. The predicted molar refractivity (Wildman–Crippen MR) is 78.9 cm³/mol. The maximum atomic E-state index is 11.6. The summed E-state index contributed by atoms with van der Waals surface area (Å²) in [5.41, 5.74) is 6.78. The van der Waals surface area contributed by atoms with E-state index in [9.17, 15) is 4.79 Å². The highest BCUT2D eigenvalue weighted by Gasteiger charge is 2.14. The molecule has 0 aliphatic carbocycles. The number of hydrogen-bond acceptors (Lipinski definition) is 2. The van der Waals surface area contributed by atoms with Crippen molar-refractivity contribution in [3.05, 3.63) is 28.8 Å². The van der Waals surface area contributed by atoms with Gasteiger partial charge in [0.2, 0.25) is 5.96 Å². The molecule has 0 aromatic heterocycles. The Morgan fingerprint density at radius 2 is 2.00 bits per heavy atom. The molecule has 0 unspecified atom stereocenters. The van der Waals surface area contributed by atoms with Gasteiger partial charge < -0.3 is 11.1 Å². The zero-order valence-corrected chi connectivity index (χ0v) is 12.3. The number of aliphatic imine (C=N–C) groups is 1. The average molecular weight is 283 g/mol. The van der Waals surface area contributed by atoms with Crippen molar-refractivity contribution in [3.8, 4) is 0 Å². The Kier molecular flexibility index (Phi) is 4.78. The van der Waals surface area contributed by atoms with Crippen molar-refractivity contribution < 1.29 is 4.79 Å².